The summed E-state index contributed by atoms with van der Waals surface area (Å²) in [6, 6.07) is 7.95. The highest BCUT2D eigenvalue weighted by molar-refractivity contribution is 9.10. The normalized spacial score (nSPS) is 27.8. The van der Waals surface area contributed by atoms with Crippen molar-refractivity contribution in [1.29, 1.82) is 5.26 Å². The summed E-state index contributed by atoms with van der Waals surface area (Å²) in [4.78, 5) is 0. The van der Waals surface area contributed by atoms with E-state index in [0.29, 0.717) is 5.56 Å². The van der Waals surface area contributed by atoms with Gasteiger partial charge >= 0.3 is 0 Å². The van der Waals surface area contributed by atoms with Gasteiger partial charge in [-0.15, -0.1) is 0 Å². The number of nitrogens with one attached hydrogen (secondary N) is 1. The molecule has 1 N–H and O–H groups in total. The Morgan fingerprint density at radius 2 is 2.35 bits per heavy atom. The van der Waals surface area contributed by atoms with Crippen molar-refractivity contribution in [2.75, 3.05) is 11.9 Å². The highest BCUT2D eigenvalue weighted by Crippen LogP contribution is 2.32. The number of hydrogen-bond acceptors (Lipinski definition) is 3. The number of nitriles is 1. The summed E-state index contributed by atoms with van der Waals surface area (Å²) in [7, 11) is 0. The summed E-state index contributed by atoms with van der Waals surface area (Å²) in [5.74, 6) is 0. The zero-order chi connectivity index (χ0) is 12.5. The summed E-state index contributed by atoms with van der Waals surface area (Å²) in [5, 5.41) is 12.6. The highest BCUT2D eigenvalue weighted by atomic mass is 79.9. The number of rotatable bonds is 2. The maximum Gasteiger partial charge on any atom is 0.103 e. The molecule has 0 aliphatic carbocycles. The molecule has 1 heterocycles. The molecule has 2 unspecified atom stereocenters. The number of ether oxygens (including phenoxy) is 1. The van der Waals surface area contributed by atoms with Crippen molar-refractivity contribution in [3.63, 3.8) is 0 Å². The van der Waals surface area contributed by atoms with Crippen molar-refractivity contribution in [3.05, 3.63) is 28.2 Å². The van der Waals surface area contributed by atoms with E-state index in [0.717, 1.165) is 23.2 Å². The highest BCUT2D eigenvalue weighted by Gasteiger charge is 2.37. The number of benzene rings is 1. The van der Waals surface area contributed by atoms with Gasteiger partial charge in [-0.2, -0.15) is 5.26 Å². The van der Waals surface area contributed by atoms with Crippen molar-refractivity contribution in [3.8, 4) is 6.07 Å². The predicted octanol–water partition coefficient (Wildman–Crippen LogP) is 3.30. The van der Waals surface area contributed by atoms with Crippen LogP contribution in [0, 0.1) is 11.3 Å². The number of halogens is 1. The van der Waals surface area contributed by atoms with Crippen LogP contribution in [0.5, 0.6) is 0 Å². The van der Waals surface area contributed by atoms with Gasteiger partial charge in [0.1, 0.15) is 6.07 Å². The lowest BCUT2D eigenvalue weighted by molar-refractivity contribution is 0.105. The fraction of sp³-hybridized carbons (Fsp3) is 0.462. The summed E-state index contributed by atoms with van der Waals surface area (Å²) in [6.07, 6.45) is 1.10. The molecule has 1 aromatic rings. The second-order valence-corrected chi connectivity index (χ2v) is 5.43. The van der Waals surface area contributed by atoms with Crippen LogP contribution in [0.1, 0.15) is 25.8 Å². The molecular formula is C13H15BrN2O. The fourth-order valence-electron chi connectivity index (χ4n) is 2.05. The number of hydrogen-bond donors (Lipinski definition) is 1. The van der Waals surface area contributed by atoms with E-state index in [1.807, 2.05) is 18.2 Å². The van der Waals surface area contributed by atoms with Gasteiger partial charge in [0.05, 0.1) is 22.9 Å². The van der Waals surface area contributed by atoms with E-state index in [9.17, 15) is 5.26 Å². The Labute approximate surface area is 110 Å². The molecule has 1 aromatic carbocycles. The third-order valence-corrected chi connectivity index (χ3v) is 4.09. The van der Waals surface area contributed by atoms with E-state index in [1.54, 1.807) is 0 Å². The second kappa shape index (κ2) is 4.67. The van der Waals surface area contributed by atoms with E-state index in [4.69, 9.17) is 4.74 Å². The maximum atomic E-state index is 9.17. The van der Waals surface area contributed by atoms with Crippen LogP contribution in [-0.2, 0) is 4.74 Å². The van der Waals surface area contributed by atoms with E-state index < -0.39 is 0 Å². The van der Waals surface area contributed by atoms with Gasteiger partial charge in [-0.3, -0.25) is 0 Å². The average molecular weight is 295 g/mol. The van der Waals surface area contributed by atoms with Crippen molar-refractivity contribution in [2.24, 2.45) is 0 Å². The number of anilines is 1. The van der Waals surface area contributed by atoms with E-state index in [-0.39, 0.29) is 11.6 Å². The van der Waals surface area contributed by atoms with E-state index in [1.165, 1.54) is 0 Å². The molecule has 1 saturated heterocycles. The largest absolute Gasteiger partial charge is 0.376 e. The van der Waals surface area contributed by atoms with Gasteiger partial charge in [-0.05, 0) is 48.3 Å². The quantitative estimate of drug-likeness (QED) is 0.910. The average Bonchev–Trinajstić information content (AvgIpc) is 2.59. The Morgan fingerprint density at radius 1 is 1.59 bits per heavy atom. The van der Waals surface area contributed by atoms with Gasteiger partial charge in [0, 0.05) is 11.1 Å². The third-order valence-electron chi connectivity index (χ3n) is 3.43. The first-order valence-corrected chi connectivity index (χ1v) is 6.44. The molecule has 2 atom stereocenters. The smallest absolute Gasteiger partial charge is 0.103 e. The zero-order valence-electron chi connectivity index (χ0n) is 9.96. The van der Waals surface area contributed by atoms with Crippen LogP contribution in [-0.4, -0.2) is 18.2 Å². The van der Waals surface area contributed by atoms with Crippen molar-refractivity contribution >= 4 is 21.6 Å². The minimum absolute atomic E-state index is 0.105. The summed E-state index contributed by atoms with van der Waals surface area (Å²) >= 11 is 3.40. The zero-order valence-corrected chi connectivity index (χ0v) is 11.5. The predicted molar refractivity (Wildman–Crippen MR) is 70.9 cm³/mol. The van der Waals surface area contributed by atoms with E-state index in [2.05, 4.69) is 41.2 Å². The third kappa shape index (κ3) is 2.31. The Hall–Kier alpha value is -1.05. The van der Waals surface area contributed by atoms with Crippen LogP contribution in [0.4, 0.5) is 5.69 Å². The van der Waals surface area contributed by atoms with Crippen LogP contribution in [0.25, 0.3) is 0 Å². The Balaban J connectivity index is 2.31. The lowest BCUT2D eigenvalue weighted by atomic mass is 9.94. The Kier molecular flexibility index (Phi) is 3.41. The van der Waals surface area contributed by atoms with Gasteiger partial charge < -0.3 is 10.1 Å². The lowest BCUT2D eigenvalue weighted by Crippen LogP contribution is -2.41. The van der Waals surface area contributed by atoms with Crippen LogP contribution >= 0.6 is 15.9 Å². The van der Waals surface area contributed by atoms with Crippen LogP contribution < -0.4 is 5.32 Å². The molecular weight excluding hydrogens is 280 g/mol. The molecule has 0 aromatic heterocycles. The fourth-order valence-corrected chi connectivity index (χ4v) is 2.50. The summed E-state index contributed by atoms with van der Waals surface area (Å²) in [6.45, 7) is 4.96. The molecule has 90 valence electrons. The summed E-state index contributed by atoms with van der Waals surface area (Å²) < 4.78 is 6.41. The molecule has 1 fully saturated rings. The Morgan fingerprint density at radius 3 is 2.94 bits per heavy atom. The van der Waals surface area contributed by atoms with Gasteiger partial charge in [-0.25, -0.2) is 0 Å². The molecule has 0 saturated carbocycles. The lowest BCUT2D eigenvalue weighted by Gasteiger charge is -2.30. The SMILES string of the molecule is CC1OCCC1(C)Nc1cccc(Br)c1C#N. The minimum atomic E-state index is -0.105. The van der Waals surface area contributed by atoms with Gasteiger partial charge in [0.25, 0.3) is 0 Å². The minimum Gasteiger partial charge on any atom is -0.376 e. The molecule has 17 heavy (non-hydrogen) atoms. The molecule has 1 aliphatic rings. The molecule has 0 bridgehead atoms. The summed E-state index contributed by atoms with van der Waals surface area (Å²) in [5.41, 5.74) is 1.40. The Bertz CT molecular complexity index is 469. The van der Waals surface area contributed by atoms with Crippen LogP contribution in [0.3, 0.4) is 0 Å². The standard InChI is InChI=1S/C13H15BrN2O/c1-9-13(2,6-7-17-9)16-12-5-3-4-11(14)10(12)8-15/h3-5,9,16H,6-7H2,1-2H3. The second-order valence-electron chi connectivity index (χ2n) is 4.58. The first kappa shape index (κ1) is 12.4. The maximum absolute atomic E-state index is 9.17. The van der Waals surface area contributed by atoms with Crippen LogP contribution in [0.2, 0.25) is 0 Å². The molecule has 2 rings (SSSR count). The van der Waals surface area contributed by atoms with Crippen molar-refractivity contribution in [1.82, 2.24) is 0 Å². The monoisotopic (exact) mass is 294 g/mol. The molecule has 0 spiro atoms. The van der Waals surface area contributed by atoms with Gasteiger partial charge in [-0.1, -0.05) is 6.07 Å². The number of nitrogens with zero attached hydrogens (tertiary/aromatic N) is 1. The van der Waals surface area contributed by atoms with Gasteiger partial charge in [0.15, 0.2) is 0 Å². The molecule has 4 heteroatoms. The molecule has 0 amide bonds. The van der Waals surface area contributed by atoms with Gasteiger partial charge in [0.2, 0.25) is 0 Å². The molecule has 1 aliphatic heterocycles. The first-order valence-electron chi connectivity index (χ1n) is 5.65. The molecule has 0 radical (unpaired) electrons. The van der Waals surface area contributed by atoms with Crippen LogP contribution in [0.15, 0.2) is 22.7 Å². The van der Waals surface area contributed by atoms with Crippen molar-refractivity contribution < 1.29 is 4.74 Å². The van der Waals surface area contributed by atoms with E-state index >= 15 is 0 Å². The topological polar surface area (TPSA) is 45.0 Å². The first-order chi connectivity index (χ1) is 8.07. The van der Waals surface area contributed by atoms with Crippen molar-refractivity contribution in [2.45, 2.75) is 31.9 Å². The molecule has 3 nitrogen and oxygen atoms in total.